The van der Waals surface area contributed by atoms with Crippen LogP contribution in [0.15, 0.2) is 22.9 Å². The van der Waals surface area contributed by atoms with Crippen molar-refractivity contribution in [3.63, 3.8) is 0 Å². The van der Waals surface area contributed by atoms with Gasteiger partial charge in [-0.3, -0.25) is 0 Å². The first-order chi connectivity index (χ1) is 27.0. The minimum absolute atomic E-state index is 0.317. The van der Waals surface area contributed by atoms with Crippen molar-refractivity contribution in [1.29, 1.82) is 0 Å². The van der Waals surface area contributed by atoms with Crippen molar-refractivity contribution in [2.24, 2.45) is 0 Å². The largest absolute Gasteiger partial charge is 0.444 e. The number of hydrogen-bond acceptors (Lipinski definition) is 14. The molecule has 19 heteroatoms. The molecule has 0 spiro atoms. The maximum Gasteiger partial charge on any atom is 0.407 e. The molecule has 6 heterocycles. The van der Waals surface area contributed by atoms with Crippen LogP contribution in [0.5, 0.6) is 0 Å². The monoisotopic (exact) mass is 856 g/mol. The van der Waals surface area contributed by atoms with Gasteiger partial charge < -0.3 is 52.0 Å². The minimum Gasteiger partial charge on any atom is -0.444 e. The molecule has 0 radical (unpaired) electrons. The number of rotatable bonds is 12. The van der Waals surface area contributed by atoms with E-state index in [-0.39, 0.29) is 6.09 Å². The summed E-state index contributed by atoms with van der Waals surface area (Å²) in [6.45, 7) is 21.1. The van der Waals surface area contributed by atoms with Crippen LogP contribution in [0.3, 0.4) is 0 Å². The van der Waals surface area contributed by atoms with Crippen molar-refractivity contribution in [2.75, 3.05) is 73.6 Å². The summed E-state index contributed by atoms with van der Waals surface area (Å²) in [6, 6.07) is 2.54. The Labute approximate surface area is 343 Å². The van der Waals surface area contributed by atoms with Crippen LogP contribution < -0.4 is 42.5 Å². The lowest BCUT2D eigenvalue weighted by molar-refractivity contribution is 0.0516. The highest BCUT2D eigenvalue weighted by atomic mass is 79.9. The zero-order chi connectivity index (χ0) is 41.5. The third-order valence-corrected chi connectivity index (χ3v) is 10.2. The smallest absolute Gasteiger partial charge is 0.407 e. The maximum absolute atomic E-state index is 11.7. The van der Waals surface area contributed by atoms with Gasteiger partial charge in [0.2, 0.25) is 0 Å². The van der Waals surface area contributed by atoms with Crippen LogP contribution in [-0.2, 0) is 22.3 Å². The van der Waals surface area contributed by atoms with Crippen molar-refractivity contribution in [2.45, 2.75) is 104 Å². The van der Waals surface area contributed by atoms with E-state index in [9.17, 15) is 9.59 Å². The first-order valence-electron chi connectivity index (χ1n) is 19.8. The Morgan fingerprint density at radius 1 is 0.772 bits per heavy atom. The van der Waals surface area contributed by atoms with Crippen molar-refractivity contribution in [1.82, 2.24) is 50.5 Å². The second-order valence-electron chi connectivity index (χ2n) is 16.3. The number of nitrogens with zero attached hydrogens (tertiary/aromatic N) is 8. The lowest BCUT2D eigenvalue weighted by atomic mass is 10.2. The number of nitrogens with two attached hydrogens (primary N) is 2. The molecule has 0 bridgehead atoms. The number of fused-ring (bicyclic) bond motifs is 2. The van der Waals surface area contributed by atoms with E-state index in [1.165, 1.54) is 0 Å². The van der Waals surface area contributed by atoms with Crippen molar-refractivity contribution < 1.29 is 19.1 Å². The highest BCUT2D eigenvalue weighted by Crippen LogP contribution is 2.33. The van der Waals surface area contributed by atoms with Crippen molar-refractivity contribution in [3.05, 3.63) is 34.1 Å². The molecule has 2 saturated heterocycles. The zero-order valence-corrected chi connectivity index (χ0v) is 36.2. The predicted molar refractivity (Wildman–Crippen MR) is 227 cm³/mol. The molecule has 0 aliphatic carbocycles. The Morgan fingerprint density at radius 3 is 1.79 bits per heavy atom. The van der Waals surface area contributed by atoms with Crippen molar-refractivity contribution >= 4 is 62.7 Å². The second-order valence-corrected chi connectivity index (χ2v) is 17.1. The molecule has 0 unspecified atom stereocenters. The lowest BCUT2D eigenvalue weighted by Gasteiger charge is -2.21. The molecular weight excluding hydrogens is 796 g/mol. The SMILES string of the molecule is CCc1cnn2c(N)c(Br)c(N3CC[C@H](NCCNC(=O)OC(C)(C)C)C3)nc12.CCc1cnn2c(N)cc(N3CC[C@H](NCCNC(=O)OC(C)(C)C)C3)nc12. The van der Waals surface area contributed by atoms with Gasteiger partial charge >= 0.3 is 12.2 Å². The van der Waals surface area contributed by atoms with Crippen LogP contribution in [0, 0.1) is 0 Å². The average molecular weight is 858 g/mol. The molecule has 8 N–H and O–H groups in total. The first kappa shape index (κ1) is 43.5. The number of ether oxygens (including phenoxy) is 2. The Morgan fingerprint density at radius 2 is 1.26 bits per heavy atom. The summed E-state index contributed by atoms with van der Waals surface area (Å²) >= 11 is 3.59. The summed E-state index contributed by atoms with van der Waals surface area (Å²) in [6.07, 6.45) is 6.60. The van der Waals surface area contributed by atoms with Gasteiger partial charge in [-0.05, 0) is 83.2 Å². The molecule has 57 heavy (non-hydrogen) atoms. The van der Waals surface area contributed by atoms with Gasteiger partial charge in [0.25, 0.3) is 0 Å². The normalized spacial score (nSPS) is 17.2. The zero-order valence-electron chi connectivity index (χ0n) is 34.6. The third-order valence-electron chi connectivity index (χ3n) is 9.45. The number of aryl methyl sites for hydroxylation is 2. The lowest BCUT2D eigenvalue weighted by Crippen LogP contribution is -2.40. The molecule has 4 aromatic rings. The average Bonchev–Trinajstić information content (AvgIpc) is 3.95. The van der Waals surface area contributed by atoms with Gasteiger partial charge in [0, 0.05) is 81.6 Å². The highest BCUT2D eigenvalue weighted by molar-refractivity contribution is 9.10. The molecule has 2 aliphatic rings. The number of nitrogen functional groups attached to an aromatic ring is 2. The Hall–Kier alpha value is -4.62. The van der Waals surface area contributed by atoms with Gasteiger partial charge in [-0.1, -0.05) is 13.8 Å². The van der Waals surface area contributed by atoms with Gasteiger partial charge in [0.05, 0.1) is 12.4 Å². The summed E-state index contributed by atoms with van der Waals surface area (Å²) in [5.41, 5.74) is 15.3. The summed E-state index contributed by atoms with van der Waals surface area (Å²) in [4.78, 5) is 37.4. The topological polar surface area (TPSA) is 220 Å². The summed E-state index contributed by atoms with van der Waals surface area (Å²) in [5.74, 6) is 2.89. The summed E-state index contributed by atoms with van der Waals surface area (Å²) in [5, 5.41) is 21.2. The Balaban J connectivity index is 0.000000218. The molecule has 314 valence electrons. The Bertz CT molecular complexity index is 1990. The number of amides is 2. The number of carbonyl (C=O) groups is 2. The number of hydrogen-bond donors (Lipinski definition) is 6. The second kappa shape index (κ2) is 18.8. The van der Waals surface area contributed by atoms with E-state index < -0.39 is 17.3 Å². The maximum atomic E-state index is 11.7. The molecular formula is C38H61BrN14O4. The van der Waals surface area contributed by atoms with Crippen LogP contribution in [-0.4, -0.2) is 117 Å². The number of carbonyl (C=O) groups excluding carboxylic acids is 2. The van der Waals surface area contributed by atoms with E-state index in [0.717, 1.165) is 90.4 Å². The van der Waals surface area contributed by atoms with E-state index in [1.54, 1.807) is 9.03 Å². The van der Waals surface area contributed by atoms with Gasteiger partial charge in [0.1, 0.15) is 38.9 Å². The number of alkyl carbamates (subject to hydrolysis) is 2. The van der Waals surface area contributed by atoms with E-state index in [0.29, 0.717) is 49.9 Å². The molecule has 4 aromatic heterocycles. The van der Waals surface area contributed by atoms with Crippen molar-refractivity contribution in [3.8, 4) is 0 Å². The molecule has 6 rings (SSSR count). The van der Waals surface area contributed by atoms with Gasteiger partial charge in [-0.25, -0.2) is 19.6 Å². The molecule has 2 atom stereocenters. The molecule has 2 amide bonds. The fourth-order valence-electron chi connectivity index (χ4n) is 6.68. The fourth-order valence-corrected chi connectivity index (χ4v) is 7.19. The fraction of sp³-hybridized carbons (Fsp3) is 0.632. The van der Waals surface area contributed by atoms with Gasteiger partial charge in [0.15, 0.2) is 11.3 Å². The summed E-state index contributed by atoms with van der Waals surface area (Å²) in [7, 11) is 0. The quantitative estimate of drug-likeness (QED) is 0.111. The third kappa shape index (κ3) is 11.7. The molecule has 2 fully saturated rings. The molecule has 0 saturated carbocycles. The highest BCUT2D eigenvalue weighted by Gasteiger charge is 2.28. The molecule has 0 aromatic carbocycles. The number of anilines is 4. The van der Waals surface area contributed by atoms with Crippen LogP contribution in [0.4, 0.5) is 32.9 Å². The number of nitrogens with one attached hydrogen (secondary N) is 4. The number of aromatic nitrogens is 6. The first-order valence-corrected chi connectivity index (χ1v) is 20.6. The minimum atomic E-state index is -0.486. The van der Waals surface area contributed by atoms with E-state index in [2.05, 4.69) is 71.0 Å². The van der Waals surface area contributed by atoms with Crippen LogP contribution in [0.1, 0.15) is 79.4 Å². The van der Waals surface area contributed by atoms with Crippen LogP contribution in [0.2, 0.25) is 0 Å². The number of halogens is 1. The van der Waals surface area contributed by atoms with E-state index in [1.807, 2.05) is 60.0 Å². The predicted octanol–water partition coefficient (Wildman–Crippen LogP) is 3.90. The Kier molecular flexibility index (Phi) is 14.3. The van der Waals surface area contributed by atoms with E-state index in [4.69, 9.17) is 30.9 Å². The molecule has 2 aliphatic heterocycles. The standard InChI is InChI=1S/C19H30BrN7O2.C19H31N7O2/c1-5-12-10-24-27-15(21)14(20)17(25-16(12)27)26-9-6-13(11-26)22-7-8-23-18(28)29-19(2,3)4;1-5-13-11-23-26-15(20)10-16(24-17(13)26)25-9-6-14(12-25)21-7-8-22-18(27)28-19(2,3)4/h10,13,22H,5-9,11,21H2,1-4H3,(H,23,28);10-11,14,21H,5-9,12,20H2,1-4H3,(H,22,27)/t13-;14-/m00/s1. The van der Waals surface area contributed by atoms with Crippen LogP contribution in [0.25, 0.3) is 11.3 Å². The van der Waals surface area contributed by atoms with E-state index >= 15 is 0 Å². The van der Waals surface area contributed by atoms with Gasteiger partial charge in [-0.2, -0.15) is 19.2 Å². The molecule has 18 nitrogen and oxygen atoms in total. The summed E-state index contributed by atoms with van der Waals surface area (Å²) < 4.78 is 14.6. The van der Waals surface area contributed by atoms with Gasteiger partial charge in [-0.15, -0.1) is 0 Å². The van der Waals surface area contributed by atoms with Crippen LogP contribution >= 0.6 is 15.9 Å².